The second kappa shape index (κ2) is 5.80. The van der Waals surface area contributed by atoms with Gasteiger partial charge in [-0.1, -0.05) is 24.3 Å². The molecule has 2 N–H and O–H groups in total. The number of rotatable bonds is 4. The van der Waals surface area contributed by atoms with Gasteiger partial charge in [0.1, 0.15) is 0 Å². The normalized spacial score (nSPS) is 19.6. The quantitative estimate of drug-likeness (QED) is 0.927. The zero-order chi connectivity index (χ0) is 13.9. The average Bonchev–Trinajstić information content (AvgIpc) is 2.94. The fourth-order valence-corrected chi connectivity index (χ4v) is 3.21. The summed E-state index contributed by atoms with van der Waals surface area (Å²) in [5, 5.41) is 4.33. The average molecular weight is 269 g/mol. The summed E-state index contributed by atoms with van der Waals surface area (Å²) in [6.07, 6.45) is 8.52. The molecule has 0 saturated heterocycles. The summed E-state index contributed by atoms with van der Waals surface area (Å²) in [4.78, 5) is 0. The first kappa shape index (κ1) is 13.4. The van der Waals surface area contributed by atoms with Crippen LogP contribution in [0.1, 0.15) is 30.0 Å². The first-order chi connectivity index (χ1) is 9.76. The van der Waals surface area contributed by atoms with Crippen molar-refractivity contribution in [2.24, 2.45) is 11.7 Å². The fourth-order valence-electron chi connectivity index (χ4n) is 3.21. The van der Waals surface area contributed by atoms with Crippen LogP contribution in [0.5, 0.6) is 0 Å². The van der Waals surface area contributed by atoms with Gasteiger partial charge < -0.3 is 5.73 Å². The maximum atomic E-state index is 6.45. The van der Waals surface area contributed by atoms with Gasteiger partial charge in [0.2, 0.25) is 0 Å². The van der Waals surface area contributed by atoms with E-state index in [-0.39, 0.29) is 6.04 Å². The maximum Gasteiger partial charge on any atom is 0.0522 e. The van der Waals surface area contributed by atoms with Crippen LogP contribution in [-0.2, 0) is 25.8 Å². The van der Waals surface area contributed by atoms with E-state index in [1.807, 2.05) is 10.9 Å². The highest BCUT2D eigenvalue weighted by molar-refractivity contribution is 5.30. The zero-order valence-corrected chi connectivity index (χ0v) is 12.1. The standard InChI is InChI=1S/C17H23N3/c1-2-20-12-13(11-19-20)9-17(18)16-8-7-14-5-3-4-6-15(14)10-16/h3-6,11-12,16-17H,2,7-10,18H2,1H3. The highest BCUT2D eigenvalue weighted by Gasteiger charge is 2.24. The number of aromatic nitrogens is 2. The molecule has 3 rings (SSSR count). The smallest absolute Gasteiger partial charge is 0.0522 e. The molecule has 0 aliphatic heterocycles. The van der Waals surface area contributed by atoms with Crippen LogP contribution in [0.4, 0.5) is 0 Å². The molecule has 0 saturated carbocycles. The van der Waals surface area contributed by atoms with Crippen molar-refractivity contribution >= 4 is 0 Å². The molecule has 0 amide bonds. The third kappa shape index (κ3) is 2.78. The van der Waals surface area contributed by atoms with Crippen molar-refractivity contribution in [3.8, 4) is 0 Å². The Kier molecular flexibility index (Phi) is 3.88. The van der Waals surface area contributed by atoms with Gasteiger partial charge in [-0.3, -0.25) is 4.68 Å². The lowest BCUT2D eigenvalue weighted by Gasteiger charge is -2.29. The number of nitrogens with two attached hydrogens (primary N) is 1. The fraction of sp³-hybridized carbons (Fsp3) is 0.471. The van der Waals surface area contributed by atoms with Gasteiger partial charge >= 0.3 is 0 Å². The van der Waals surface area contributed by atoms with Crippen molar-refractivity contribution in [3.63, 3.8) is 0 Å². The zero-order valence-electron chi connectivity index (χ0n) is 12.1. The summed E-state index contributed by atoms with van der Waals surface area (Å²) in [6, 6.07) is 9.01. The summed E-state index contributed by atoms with van der Waals surface area (Å²) in [6.45, 7) is 3.03. The van der Waals surface area contributed by atoms with E-state index in [4.69, 9.17) is 5.73 Å². The van der Waals surface area contributed by atoms with Crippen LogP contribution in [0.3, 0.4) is 0 Å². The van der Waals surface area contributed by atoms with Crippen molar-refractivity contribution in [2.45, 2.75) is 45.2 Å². The van der Waals surface area contributed by atoms with Gasteiger partial charge in [-0.15, -0.1) is 0 Å². The van der Waals surface area contributed by atoms with Gasteiger partial charge in [0.05, 0.1) is 6.20 Å². The van der Waals surface area contributed by atoms with E-state index in [0.717, 1.165) is 19.4 Å². The van der Waals surface area contributed by atoms with E-state index in [9.17, 15) is 0 Å². The molecule has 1 heterocycles. The Morgan fingerprint density at radius 2 is 2.15 bits per heavy atom. The SMILES string of the molecule is CCn1cc(CC(N)C2CCc3ccccc3C2)cn1. The number of benzene rings is 1. The lowest BCUT2D eigenvalue weighted by molar-refractivity contribution is 0.372. The molecule has 1 aliphatic rings. The number of fused-ring (bicyclic) bond motifs is 1. The predicted molar refractivity (Wildman–Crippen MR) is 81.5 cm³/mol. The van der Waals surface area contributed by atoms with E-state index < -0.39 is 0 Å². The molecule has 3 nitrogen and oxygen atoms in total. The molecule has 0 radical (unpaired) electrons. The van der Waals surface area contributed by atoms with Crippen molar-refractivity contribution in [3.05, 3.63) is 53.3 Å². The lowest BCUT2D eigenvalue weighted by Crippen LogP contribution is -2.35. The molecule has 1 aliphatic carbocycles. The highest BCUT2D eigenvalue weighted by Crippen LogP contribution is 2.27. The van der Waals surface area contributed by atoms with Gasteiger partial charge in [0.15, 0.2) is 0 Å². The molecule has 1 aromatic carbocycles. The molecule has 2 aromatic rings. The topological polar surface area (TPSA) is 43.8 Å². The number of hydrogen-bond acceptors (Lipinski definition) is 2. The largest absolute Gasteiger partial charge is 0.327 e. The van der Waals surface area contributed by atoms with E-state index >= 15 is 0 Å². The Balaban J connectivity index is 1.65. The second-order valence-electron chi connectivity index (χ2n) is 5.84. The predicted octanol–water partition coefficient (Wildman–Crippen LogP) is 2.58. The van der Waals surface area contributed by atoms with Gasteiger partial charge in [-0.2, -0.15) is 5.10 Å². The summed E-state index contributed by atoms with van der Waals surface area (Å²) in [5.74, 6) is 0.592. The van der Waals surface area contributed by atoms with Crippen molar-refractivity contribution in [2.75, 3.05) is 0 Å². The molecule has 2 atom stereocenters. The summed E-state index contributed by atoms with van der Waals surface area (Å²) in [5.41, 5.74) is 10.7. The summed E-state index contributed by atoms with van der Waals surface area (Å²) >= 11 is 0. The minimum atomic E-state index is 0.234. The molecule has 0 bridgehead atoms. The third-order valence-corrected chi connectivity index (χ3v) is 4.47. The van der Waals surface area contributed by atoms with Crippen LogP contribution in [-0.4, -0.2) is 15.8 Å². The van der Waals surface area contributed by atoms with Crippen LogP contribution < -0.4 is 5.73 Å². The molecule has 106 valence electrons. The first-order valence-electron chi connectivity index (χ1n) is 7.60. The second-order valence-corrected chi connectivity index (χ2v) is 5.84. The minimum absolute atomic E-state index is 0.234. The van der Waals surface area contributed by atoms with E-state index in [2.05, 4.69) is 42.5 Å². The van der Waals surface area contributed by atoms with Crippen LogP contribution in [0.15, 0.2) is 36.7 Å². The van der Waals surface area contributed by atoms with Crippen LogP contribution in [0.25, 0.3) is 0 Å². The summed E-state index contributed by atoms with van der Waals surface area (Å²) in [7, 11) is 0. The van der Waals surface area contributed by atoms with Gasteiger partial charge in [-0.25, -0.2) is 0 Å². The number of aryl methyl sites for hydroxylation is 2. The lowest BCUT2D eigenvalue weighted by atomic mass is 9.79. The Morgan fingerprint density at radius 1 is 1.35 bits per heavy atom. The minimum Gasteiger partial charge on any atom is -0.327 e. The van der Waals surface area contributed by atoms with Crippen LogP contribution >= 0.6 is 0 Å². The Labute approximate surface area is 120 Å². The molecule has 3 heteroatoms. The Morgan fingerprint density at radius 3 is 2.90 bits per heavy atom. The Hall–Kier alpha value is -1.61. The van der Waals surface area contributed by atoms with Crippen LogP contribution in [0, 0.1) is 5.92 Å². The third-order valence-electron chi connectivity index (χ3n) is 4.47. The highest BCUT2D eigenvalue weighted by atomic mass is 15.3. The van der Waals surface area contributed by atoms with Crippen molar-refractivity contribution in [1.29, 1.82) is 0 Å². The number of nitrogens with zero attached hydrogens (tertiary/aromatic N) is 2. The molecular weight excluding hydrogens is 246 g/mol. The molecule has 1 aromatic heterocycles. The van der Waals surface area contributed by atoms with Crippen LogP contribution in [0.2, 0.25) is 0 Å². The molecule has 2 unspecified atom stereocenters. The Bertz CT molecular complexity index is 573. The van der Waals surface area contributed by atoms with E-state index in [1.54, 1.807) is 0 Å². The summed E-state index contributed by atoms with van der Waals surface area (Å²) < 4.78 is 1.97. The number of hydrogen-bond donors (Lipinski definition) is 1. The van der Waals surface area contributed by atoms with E-state index in [0.29, 0.717) is 5.92 Å². The molecule has 20 heavy (non-hydrogen) atoms. The van der Waals surface area contributed by atoms with Gasteiger partial charge in [-0.05, 0) is 55.2 Å². The van der Waals surface area contributed by atoms with Gasteiger partial charge in [0.25, 0.3) is 0 Å². The molecular formula is C17H23N3. The molecule has 0 fully saturated rings. The molecule has 0 spiro atoms. The monoisotopic (exact) mass is 269 g/mol. The van der Waals surface area contributed by atoms with E-state index in [1.165, 1.54) is 29.5 Å². The maximum absolute atomic E-state index is 6.45. The first-order valence-corrected chi connectivity index (χ1v) is 7.60. The van der Waals surface area contributed by atoms with Crippen molar-refractivity contribution < 1.29 is 0 Å². The van der Waals surface area contributed by atoms with Crippen molar-refractivity contribution in [1.82, 2.24) is 9.78 Å². The van der Waals surface area contributed by atoms with Gasteiger partial charge in [0, 0.05) is 18.8 Å².